The van der Waals surface area contributed by atoms with Gasteiger partial charge >= 0.3 is 0 Å². The van der Waals surface area contributed by atoms with Crippen molar-refractivity contribution in [2.45, 2.75) is 26.3 Å². The minimum absolute atomic E-state index is 0.0978. The number of nitrogens with zero attached hydrogens (tertiary/aromatic N) is 1. The van der Waals surface area contributed by atoms with Gasteiger partial charge < -0.3 is 15.6 Å². The molecule has 0 radical (unpaired) electrons. The number of para-hydroxylation sites is 1. The Morgan fingerprint density at radius 1 is 1.37 bits per heavy atom. The van der Waals surface area contributed by atoms with Gasteiger partial charge in [-0.1, -0.05) is 18.2 Å². The normalized spacial score (nSPS) is 10.8. The fourth-order valence-corrected chi connectivity index (χ4v) is 2.37. The van der Waals surface area contributed by atoms with Crippen molar-refractivity contribution in [3.8, 4) is 0 Å². The molecular weight excluding hydrogens is 238 g/mol. The number of aromatic nitrogens is 1. The minimum Gasteiger partial charge on any atom is -0.356 e. The van der Waals surface area contributed by atoms with Crippen LogP contribution in [-0.2, 0) is 17.8 Å². The van der Waals surface area contributed by atoms with Gasteiger partial charge in [0.2, 0.25) is 5.91 Å². The van der Waals surface area contributed by atoms with Crippen molar-refractivity contribution >= 4 is 16.8 Å². The molecule has 0 bridgehead atoms. The van der Waals surface area contributed by atoms with Crippen molar-refractivity contribution in [3.05, 3.63) is 36.0 Å². The third-order valence-corrected chi connectivity index (χ3v) is 3.24. The molecule has 0 saturated heterocycles. The van der Waals surface area contributed by atoms with Gasteiger partial charge in [0, 0.05) is 36.6 Å². The average molecular weight is 259 g/mol. The number of aryl methyl sites for hydroxylation is 1. The summed E-state index contributed by atoms with van der Waals surface area (Å²) in [5, 5.41) is 4.06. The number of amides is 1. The first-order valence-corrected chi connectivity index (χ1v) is 6.79. The van der Waals surface area contributed by atoms with Gasteiger partial charge in [-0.3, -0.25) is 4.79 Å². The Bertz CT molecular complexity index is 560. The number of carbonyl (C=O) groups is 1. The van der Waals surface area contributed by atoms with Crippen LogP contribution in [0, 0.1) is 0 Å². The van der Waals surface area contributed by atoms with Crippen molar-refractivity contribution in [1.29, 1.82) is 0 Å². The summed E-state index contributed by atoms with van der Waals surface area (Å²) >= 11 is 0. The lowest BCUT2D eigenvalue weighted by Crippen LogP contribution is -2.23. The summed E-state index contributed by atoms with van der Waals surface area (Å²) in [6, 6.07) is 8.27. The molecule has 0 unspecified atom stereocenters. The van der Waals surface area contributed by atoms with Crippen LogP contribution in [-0.4, -0.2) is 23.6 Å². The lowest BCUT2D eigenvalue weighted by molar-refractivity contribution is -0.121. The standard InChI is InChI=1S/C15H21N3O/c1-2-17-15(19)8-10-18-11-12(7-9-16)13-5-3-4-6-14(13)18/h3-6,11H,2,7-10,16H2,1H3,(H,17,19). The quantitative estimate of drug-likeness (QED) is 0.829. The average Bonchev–Trinajstić information content (AvgIpc) is 2.76. The zero-order chi connectivity index (χ0) is 13.7. The molecule has 1 amide bonds. The first-order valence-electron chi connectivity index (χ1n) is 6.79. The SMILES string of the molecule is CCNC(=O)CCn1cc(CCN)c2ccccc21. The van der Waals surface area contributed by atoms with E-state index in [9.17, 15) is 4.79 Å². The summed E-state index contributed by atoms with van der Waals surface area (Å²) in [5.74, 6) is 0.0978. The van der Waals surface area contributed by atoms with Crippen LogP contribution in [0.3, 0.4) is 0 Å². The third kappa shape index (κ3) is 3.15. The number of hydrogen-bond acceptors (Lipinski definition) is 2. The molecule has 1 aromatic heterocycles. The first kappa shape index (κ1) is 13.6. The second-order valence-corrected chi connectivity index (χ2v) is 4.61. The molecule has 0 aliphatic carbocycles. The number of carbonyl (C=O) groups excluding carboxylic acids is 1. The molecule has 0 atom stereocenters. The molecule has 4 heteroatoms. The molecule has 1 heterocycles. The van der Waals surface area contributed by atoms with E-state index in [1.807, 2.05) is 19.1 Å². The Balaban J connectivity index is 2.20. The smallest absolute Gasteiger partial charge is 0.221 e. The van der Waals surface area contributed by atoms with Crippen LogP contribution in [0.4, 0.5) is 0 Å². The molecule has 4 nitrogen and oxygen atoms in total. The second kappa shape index (κ2) is 6.38. The molecule has 102 valence electrons. The van der Waals surface area contributed by atoms with Crippen LogP contribution in [0.1, 0.15) is 18.9 Å². The summed E-state index contributed by atoms with van der Waals surface area (Å²) in [7, 11) is 0. The molecule has 0 aliphatic heterocycles. The highest BCUT2D eigenvalue weighted by molar-refractivity contribution is 5.84. The second-order valence-electron chi connectivity index (χ2n) is 4.61. The highest BCUT2D eigenvalue weighted by Crippen LogP contribution is 2.21. The Labute approximate surface area is 113 Å². The van der Waals surface area contributed by atoms with E-state index >= 15 is 0 Å². The molecule has 0 aliphatic rings. The minimum atomic E-state index is 0.0978. The lowest BCUT2D eigenvalue weighted by Gasteiger charge is -2.05. The van der Waals surface area contributed by atoms with Crippen molar-refractivity contribution < 1.29 is 4.79 Å². The van der Waals surface area contributed by atoms with Crippen LogP contribution in [0.5, 0.6) is 0 Å². The van der Waals surface area contributed by atoms with E-state index in [2.05, 4.69) is 28.2 Å². The summed E-state index contributed by atoms with van der Waals surface area (Å²) in [6.07, 6.45) is 3.50. The van der Waals surface area contributed by atoms with Gasteiger partial charge in [-0.2, -0.15) is 0 Å². The Morgan fingerprint density at radius 3 is 2.89 bits per heavy atom. The van der Waals surface area contributed by atoms with Gasteiger partial charge in [0.25, 0.3) is 0 Å². The topological polar surface area (TPSA) is 60.0 Å². The van der Waals surface area contributed by atoms with Gasteiger partial charge in [-0.15, -0.1) is 0 Å². The molecular formula is C15H21N3O. The number of fused-ring (bicyclic) bond motifs is 1. The van der Waals surface area contributed by atoms with Crippen LogP contribution in [0.2, 0.25) is 0 Å². The molecule has 2 aromatic rings. The van der Waals surface area contributed by atoms with E-state index < -0.39 is 0 Å². The number of nitrogens with two attached hydrogens (primary N) is 1. The van der Waals surface area contributed by atoms with E-state index in [4.69, 9.17) is 5.73 Å². The van der Waals surface area contributed by atoms with Gasteiger partial charge in [0.15, 0.2) is 0 Å². The van der Waals surface area contributed by atoms with E-state index in [1.54, 1.807) is 0 Å². The molecule has 0 fully saturated rings. The maximum atomic E-state index is 11.5. The Hall–Kier alpha value is -1.81. The maximum Gasteiger partial charge on any atom is 0.221 e. The molecule has 2 rings (SSSR count). The number of rotatable bonds is 6. The van der Waals surface area contributed by atoms with Crippen LogP contribution in [0.25, 0.3) is 10.9 Å². The molecule has 19 heavy (non-hydrogen) atoms. The predicted octanol–water partition coefficient (Wildman–Crippen LogP) is 1.67. The van der Waals surface area contributed by atoms with Crippen molar-refractivity contribution in [2.24, 2.45) is 5.73 Å². The number of hydrogen-bond donors (Lipinski definition) is 2. The van der Waals surface area contributed by atoms with Gasteiger partial charge in [-0.05, 0) is 31.5 Å². The van der Waals surface area contributed by atoms with E-state index in [-0.39, 0.29) is 5.91 Å². The fraction of sp³-hybridized carbons (Fsp3) is 0.400. The molecule has 0 spiro atoms. The van der Waals surface area contributed by atoms with Crippen LogP contribution < -0.4 is 11.1 Å². The highest BCUT2D eigenvalue weighted by Gasteiger charge is 2.08. The Kier molecular flexibility index (Phi) is 4.58. The van der Waals surface area contributed by atoms with Gasteiger partial charge in [-0.25, -0.2) is 0 Å². The highest BCUT2D eigenvalue weighted by atomic mass is 16.1. The van der Waals surface area contributed by atoms with E-state index in [0.717, 1.165) is 6.42 Å². The summed E-state index contributed by atoms with van der Waals surface area (Å²) in [5.41, 5.74) is 8.08. The number of nitrogens with one attached hydrogen (secondary N) is 1. The molecule has 0 saturated carbocycles. The van der Waals surface area contributed by atoms with E-state index in [1.165, 1.54) is 16.5 Å². The molecule has 3 N–H and O–H groups in total. The largest absolute Gasteiger partial charge is 0.356 e. The summed E-state index contributed by atoms with van der Waals surface area (Å²) in [4.78, 5) is 11.5. The summed E-state index contributed by atoms with van der Waals surface area (Å²) in [6.45, 7) is 3.97. The van der Waals surface area contributed by atoms with E-state index in [0.29, 0.717) is 26.1 Å². The van der Waals surface area contributed by atoms with Crippen molar-refractivity contribution in [3.63, 3.8) is 0 Å². The Morgan fingerprint density at radius 2 is 2.16 bits per heavy atom. The van der Waals surface area contributed by atoms with Gasteiger partial charge in [0.05, 0.1) is 0 Å². The van der Waals surface area contributed by atoms with Crippen LogP contribution >= 0.6 is 0 Å². The van der Waals surface area contributed by atoms with Crippen molar-refractivity contribution in [1.82, 2.24) is 9.88 Å². The molecule has 1 aromatic carbocycles. The maximum absolute atomic E-state index is 11.5. The lowest BCUT2D eigenvalue weighted by atomic mass is 10.1. The third-order valence-electron chi connectivity index (χ3n) is 3.24. The van der Waals surface area contributed by atoms with Crippen LogP contribution in [0.15, 0.2) is 30.5 Å². The summed E-state index contributed by atoms with van der Waals surface area (Å²) < 4.78 is 2.15. The zero-order valence-corrected chi connectivity index (χ0v) is 11.4. The zero-order valence-electron chi connectivity index (χ0n) is 11.4. The first-order chi connectivity index (χ1) is 9.26. The monoisotopic (exact) mass is 259 g/mol. The predicted molar refractivity (Wildman–Crippen MR) is 78.0 cm³/mol. The van der Waals surface area contributed by atoms with Gasteiger partial charge in [0.1, 0.15) is 0 Å². The number of benzene rings is 1. The van der Waals surface area contributed by atoms with Crippen molar-refractivity contribution in [2.75, 3.05) is 13.1 Å². The fourth-order valence-electron chi connectivity index (χ4n) is 2.37.